The van der Waals surface area contributed by atoms with Gasteiger partial charge in [0.25, 0.3) is 0 Å². The monoisotopic (exact) mass is 323 g/mol. The Bertz CT molecular complexity index is 725. The number of amides is 1. The summed E-state index contributed by atoms with van der Waals surface area (Å²) in [6, 6.07) is 16.5. The zero-order chi connectivity index (χ0) is 17.2. The van der Waals surface area contributed by atoms with E-state index in [1.807, 2.05) is 41.3 Å². The first kappa shape index (κ1) is 16.4. The maximum absolute atomic E-state index is 13.2. The van der Waals surface area contributed by atoms with E-state index in [1.54, 1.807) is 12.1 Å². The summed E-state index contributed by atoms with van der Waals surface area (Å²) in [6.07, 6.45) is 3.02. The summed E-state index contributed by atoms with van der Waals surface area (Å²) < 4.78 is 13.2. The minimum Gasteiger partial charge on any atom is -0.336 e. The van der Waals surface area contributed by atoms with Crippen molar-refractivity contribution in [2.24, 2.45) is 0 Å². The molecule has 24 heavy (non-hydrogen) atoms. The van der Waals surface area contributed by atoms with Crippen LogP contribution in [0.2, 0.25) is 0 Å². The first-order valence-electron chi connectivity index (χ1n) is 8.30. The Labute approximate surface area is 142 Å². The number of benzene rings is 2. The fourth-order valence-corrected chi connectivity index (χ4v) is 3.55. The standard InChI is InChI=1S/C21H22FNO/c1-3-21(18-9-11-19(22)12-10-18)13-14-23(20(24)15-21)16(2)17-7-5-4-6-8-17/h3-12,16H,1,13-15H2,2H3/t16-,21?/m0/s1. The van der Waals surface area contributed by atoms with Gasteiger partial charge in [-0.2, -0.15) is 0 Å². The summed E-state index contributed by atoms with van der Waals surface area (Å²) in [5.41, 5.74) is 1.69. The molecular weight excluding hydrogens is 301 g/mol. The lowest BCUT2D eigenvalue weighted by Crippen LogP contribution is -2.46. The van der Waals surface area contributed by atoms with Crippen LogP contribution in [0.1, 0.15) is 36.9 Å². The van der Waals surface area contributed by atoms with Gasteiger partial charge in [0.2, 0.25) is 5.91 Å². The third-order valence-corrected chi connectivity index (χ3v) is 5.15. The second-order valence-corrected chi connectivity index (χ2v) is 6.47. The van der Waals surface area contributed by atoms with Crippen LogP contribution in [0, 0.1) is 5.82 Å². The van der Waals surface area contributed by atoms with Crippen molar-refractivity contribution in [3.05, 3.63) is 84.2 Å². The van der Waals surface area contributed by atoms with Crippen LogP contribution >= 0.6 is 0 Å². The molecule has 1 aliphatic rings. The number of hydrogen-bond donors (Lipinski definition) is 0. The summed E-state index contributed by atoms with van der Waals surface area (Å²) in [6.45, 7) is 6.68. The smallest absolute Gasteiger partial charge is 0.224 e. The summed E-state index contributed by atoms with van der Waals surface area (Å²) in [5.74, 6) is -0.152. The fraction of sp³-hybridized carbons (Fsp3) is 0.286. The van der Waals surface area contributed by atoms with Crippen LogP contribution in [0.25, 0.3) is 0 Å². The van der Waals surface area contributed by atoms with Crippen molar-refractivity contribution in [2.75, 3.05) is 6.54 Å². The second kappa shape index (κ2) is 6.60. The lowest BCUT2D eigenvalue weighted by atomic mass is 9.72. The molecule has 1 saturated heterocycles. The number of carbonyl (C=O) groups excluding carboxylic acids is 1. The van der Waals surface area contributed by atoms with Crippen molar-refractivity contribution in [2.45, 2.75) is 31.2 Å². The van der Waals surface area contributed by atoms with Crippen LogP contribution in [0.15, 0.2) is 67.3 Å². The van der Waals surface area contributed by atoms with Crippen molar-refractivity contribution >= 4 is 5.91 Å². The maximum Gasteiger partial charge on any atom is 0.224 e. The number of nitrogens with zero attached hydrogens (tertiary/aromatic N) is 1. The average Bonchev–Trinajstić information content (AvgIpc) is 2.62. The van der Waals surface area contributed by atoms with E-state index in [4.69, 9.17) is 0 Å². The molecule has 1 heterocycles. The molecule has 2 aromatic carbocycles. The molecule has 0 bridgehead atoms. The van der Waals surface area contributed by atoms with Crippen molar-refractivity contribution < 1.29 is 9.18 Å². The summed E-state index contributed by atoms with van der Waals surface area (Å²) >= 11 is 0. The minimum absolute atomic E-state index is 0.0507. The number of carbonyl (C=O) groups is 1. The molecule has 0 saturated carbocycles. The van der Waals surface area contributed by atoms with Crippen molar-refractivity contribution in [3.63, 3.8) is 0 Å². The molecule has 1 aliphatic heterocycles. The second-order valence-electron chi connectivity index (χ2n) is 6.47. The zero-order valence-corrected chi connectivity index (χ0v) is 13.9. The Morgan fingerprint density at radius 3 is 2.42 bits per heavy atom. The van der Waals surface area contributed by atoms with Gasteiger partial charge in [0.05, 0.1) is 6.04 Å². The molecule has 0 spiro atoms. The van der Waals surface area contributed by atoms with Gasteiger partial charge in [-0.3, -0.25) is 4.79 Å². The van der Waals surface area contributed by atoms with E-state index in [0.29, 0.717) is 13.0 Å². The number of halogens is 1. The molecule has 2 nitrogen and oxygen atoms in total. The Balaban J connectivity index is 1.82. The maximum atomic E-state index is 13.2. The van der Waals surface area contributed by atoms with Gasteiger partial charge in [0, 0.05) is 18.4 Å². The molecule has 0 radical (unpaired) electrons. The van der Waals surface area contributed by atoms with Gasteiger partial charge in [-0.05, 0) is 36.6 Å². The lowest BCUT2D eigenvalue weighted by Gasteiger charge is -2.42. The number of likely N-dealkylation sites (tertiary alicyclic amines) is 1. The first-order chi connectivity index (χ1) is 11.6. The van der Waals surface area contributed by atoms with E-state index >= 15 is 0 Å². The van der Waals surface area contributed by atoms with E-state index < -0.39 is 5.41 Å². The molecule has 2 aromatic rings. The number of piperidine rings is 1. The van der Waals surface area contributed by atoms with Crippen LogP contribution < -0.4 is 0 Å². The molecule has 0 N–H and O–H groups in total. The highest BCUT2D eigenvalue weighted by atomic mass is 19.1. The normalized spacial score (nSPS) is 22.2. The van der Waals surface area contributed by atoms with E-state index in [-0.39, 0.29) is 17.8 Å². The molecule has 0 aliphatic carbocycles. The van der Waals surface area contributed by atoms with Crippen molar-refractivity contribution in [1.82, 2.24) is 4.90 Å². The van der Waals surface area contributed by atoms with Crippen LogP contribution in [-0.2, 0) is 10.2 Å². The minimum atomic E-state index is -0.405. The van der Waals surface area contributed by atoms with Gasteiger partial charge in [-0.15, -0.1) is 6.58 Å². The van der Waals surface area contributed by atoms with E-state index in [0.717, 1.165) is 17.5 Å². The Morgan fingerprint density at radius 1 is 1.17 bits per heavy atom. The highest BCUT2D eigenvalue weighted by Gasteiger charge is 2.39. The van der Waals surface area contributed by atoms with Crippen molar-refractivity contribution in [3.8, 4) is 0 Å². The molecule has 3 rings (SSSR count). The summed E-state index contributed by atoms with van der Waals surface area (Å²) in [7, 11) is 0. The summed E-state index contributed by atoms with van der Waals surface area (Å²) in [5, 5.41) is 0. The van der Waals surface area contributed by atoms with Gasteiger partial charge in [0.15, 0.2) is 0 Å². The van der Waals surface area contributed by atoms with Gasteiger partial charge >= 0.3 is 0 Å². The predicted octanol–water partition coefficient (Wildman–Crippen LogP) is 4.63. The molecule has 1 amide bonds. The van der Waals surface area contributed by atoms with Crippen LogP contribution in [-0.4, -0.2) is 17.4 Å². The molecule has 0 aromatic heterocycles. The molecular formula is C21H22FNO. The quantitative estimate of drug-likeness (QED) is 0.751. The Morgan fingerprint density at radius 2 is 1.83 bits per heavy atom. The highest BCUT2D eigenvalue weighted by molar-refractivity contribution is 5.80. The van der Waals surface area contributed by atoms with Crippen LogP contribution in [0.4, 0.5) is 4.39 Å². The van der Waals surface area contributed by atoms with E-state index in [2.05, 4.69) is 13.5 Å². The highest BCUT2D eigenvalue weighted by Crippen LogP contribution is 2.39. The first-order valence-corrected chi connectivity index (χ1v) is 8.30. The molecule has 3 heteroatoms. The average molecular weight is 323 g/mol. The van der Waals surface area contributed by atoms with Gasteiger partial charge in [0.1, 0.15) is 5.82 Å². The Kier molecular flexibility index (Phi) is 4.52. The van der Waals surface area contributed by atoms with Gasteiger partial charge in [-0.1, -0.05) is 48.5 Å². The van der Waals surface area contributed by atoms with Crippen LogP contribution in [0.5, 0.6) is 0 Å². The van der Waals surface area contributed by atoms with Crippen LogP contribution in [0.3, 0.4) is 0 Å². The summed E-state index contributed by atoms with van der Waals surface area (Å²) in [4.78, 5) is 14.8. The number of rotatable bonds is 4. The zero-order valence-electron chi connectivity index (χ0n) is 13.9. The van der Waals surface area contributed by atoms with Gasteiger partial charge in [-0.25, -0.2) is 4.39 Å². The molecule has 1 unspecified atom stereocenters. The third kappa shape index (κ3) is 2.99. The molecule has 2 atom stereocenters. The largest absolute Gasteiger partial charge is 0.336 e. The molecule has 124 valence electrons. The Hall–Kier alpha value is -2.42. The molecule has 1 fully saturated rings. The topological polar surface area (TPSA) is 20.3 Å². The van der Waals surface area contributed by atoms with E-state index in [9.17, 15) is 9.18 Å². The fourth-order valence-electron chi connectivity index (χ4n) is 3.55. The third-order valence-electron chi connectivity index (χ3n) is 5.15. The lowest BCUT2D eigenvalue weighted by molar-refractivity contribution is -0.137. The number of hydrogen-bond acceptors (Lipinski definition) is 1. The number of allylic oxidation sites excluding steroid dienone is 1. The van der Waals surface area contributed by atoms with Crippen molar-refractivity contribution in [1.29, 1.82) is 0 Å². The predicted molar refractivity (Wildman–Crippen MR) is 94.1 cm³/mol. The van der Waals surface area contributed by atoms with Gasteiger partial charge < -0.3 is 4.90 Å². The van der Waals surface area contributed by atoms with E-state index in [1.165, 1.54) is 12.1 Å². The SMILES string of the molecule is C=CC1(c2ccc(F)cc2)CCN([C@@H](C)c2ccccc2)C(=O)C1.